The summed E-state index contributed by atoms with van der Waals surface area (Å²) in [5.74, 6) is 3.31. The topological polar surface area (TPSA) is 103 Å². The molecule has 44 heavy (non-hydrogen) atoms. The zero-order valence-corrected chi connectivity index (χ0v) is 24.6. The van der Waals surface area contributed by atoms with Crippen molar-refractivity contribution in [3.8, 4) is 28.7 Å². The van der Waals surface area contributed by atoms with E-state index in [1.807, 2.05) is 84.9 Å². The van der Waals surface area contributed by atoms with Gasteiger partial charge in [-0.1, -0.05) is 54.6 Å². The predicted molar refractivity (Wildman–Crippen MR) is 165 cm³/mol. The largest absolute Gasteiger partial charge is 0.496 e. The SMILES string of the molecule is COc1cc(COC2CN(C(=O)O)CCC2c2ccc(OCc3cnc(-c4ccccc4)o3)cc2)c(OC)c2ccccc12. The van der Waals surface area contributed by atoms with Gasteiger partial charge in [-0.05, 0) is 42.3 Å². The van der Waals surface area contributed by atoms with Crippen molar-refractivity contribution in [1.82, 2.24) is 9.88 Å². The molecule has 0 saturated carbocycles. The van der Waals surface area contributed by atoms with Gasteiger partial charge in [0.15, 0.2) is 5.76 Å². The third-order valence-corrected chi connectivity index (χ3v) is 8.00. The Morgan fingerprint density at radius 2 is 1.70 bits per heavy atom. The van der Waals surface area contributed by atoms with Gasteiger partial charge < -0.3 is 33.4 Å². The molecule has 4 aromatic carbocycles. The Bertz CT molecular complexity index is 1720. The number of nitrogens with zero attached hydrogens (tertiary/aromatic N) is 2. The van der Waals surface area contributed by atoms with Crippen molar-refractivity contribution in [3.63, 3.8) is 0 Å². The van der Waals surface area contributed by atoms with Crippen LogP contribution in [0.25, 0.3) is 22.2 Å². The van der Waals surface area contributed by atoms with Crippen molar-refractivity contribution in [2.75, 3.05) is 27.3 Å². The molecular weight excluding hydrogens is 560 g/mol. The quantitative estimate of drug-likeness (QED) is 0.182. The number of rotatable bonds is 10. The Kier molecular flexibility index (Phi) is 8.65. The number of oxazole rings is 1. The molecule has 6 rings (SSSR count). The minimum atomic E-state index is -0.950. The zero-order chi connectivity index (χ0) is 30.5. The maximum Gasteiger partial charge on any atom is 0.407 e. The van der Waals surface area contributed by atoms with Crippen LogP contribution in [0, 0.1) is 0 Å². The van der Waals surface area contributed by atoms with Gasteiger partial charge in [0.2, 0.25) is 5.89 Å². The van der Waals surface area contributed by atoms with Gasteiger partial charge in [0.25, 0.3) is 0 Å². The van der Waals surface area contributed by atoms with E-state index in [0.29, 0.717) is 36.1 Å². The summed E-state index contributed by atoms with van der Waals surface area (Å²) in [6, 6.07) is 27.4. The average Bonchev–Trinajstić information content (AvgIpc) is 3.55. The lowest BCUT2D eigenvalue weighted by Gasteiger charge is -2.37. The van der Waals surface area contributed by atoms with Crippen molar-refractivity contribution in [1.29, 1.82) is 0 Å². The summed E-state index contributed by atoms with van der Waals surface area (Å²) in [5.41, 5.74) is 2.80. The number of ether oxygens (including phenoxy) is 4. The van der Waals surface area contributed by atoms with Gasteiger partial charge >= 0.3 is 6.09 Å². The Morgan fingerprint density at radius 3 is 2.43 bits per heavy atom. The van der Waals surface area contributed by atoms with Crippen LogP contribution in [0.2, 0.25) is 0 Å². The number of carbonyl (C=O) groups is 1. The summed E-state index contributed by atoms with van der Waals surface area (Å²) in [4.78, 5) is 17.6. The van der Waals surface area contributed by atoms with E-state index in [-0.39, 0.29) is 31.8 Å². The summed E-state index contributed by atoms with van der Waals surface area (Å²) in [5, 5.41) is 11.6. The number of hydrogen-bond donors (Lipinski definition) is 1. The number of fused-ring (bicyclic) bond motifs is 1. The first kappa shape index (κ1) is 29.1. The second kappa shape index (κ2) is 13.1. The highest BCUT2D eigenvalue weighted by atomic mass is 16.5. The van der Waals surface area contributed by atoms with Crippen LogP contribution in [0.1, 0.15) is 29.2 Å². The molecule has 0 bridgehead atoms. The van der Waals surface area contributed by atoms with Gasteiger partial charge in [-0.2, -0.15) is 0 Å². The number of likely N-dealkylation sites (tertiary alicyclic amines) is 1. The Morgan fingerprint density at radius 1 is 0.955 bits per heavy atom. The summed E-state index contributed by atoms with van der Waals surface area (Å²) in [7, 11) is 3.28. The maximum absolute atomic E-state index is 11.9. The number of hydrogen-bond acceptors (Lipinski definition) is 7. The highest BCUT2D eigenvalue weighted by Crippen LogP contribution is 2.38. The van der Waals surface area contributed by atoms with Gasteiger partial charge in [0.05, 0.1) is 39.7 Å². The van der Waals surface area contributed by atoms with Crippen molar-refractivity contribution in [2.45, 2.75) is 31.7 Å². The lowest BCUT2D eigenvalue weighted by molar-refractivity contribution is -0.0204. The van der Waals surface area contributed by atoms with E-state index in [4.69, 9.17) is 23.4 Å². The fraction of sp³-hybridized carbons (Fsp3) is 0.257. The van der Waals surface area contributed by atoms with Crippen LogP contribution in [0.15, 0.2) is 95.5 Å². The first-order valence-electron chi connectivity index (χ1n) is 14.5. The minimum absolute atomic E-state index is 0.00398. The highest BCUT2D eigenvalue weighted by molar-refractivity contribution is 5.94. The van der Waals surface area contributed by atoms with E-state index in [9.17, 15) is 9.90 Å². The fourth-order valence-electron chi connectivity index (χ4n) is 5.78. The van der Waals surface area contributed by atoms with Crippen LogP contribution in [0.4, 0.5) is 4.79 Å². The number of piperidine rings is 1. The smallest absolute Gasteiger partial charge is 0.407 e. The second-order valence-corrected chi connectivity index (χ2v) is 10.6. The van der Waals surface area contributed by atoms with E-state index in [1.54, 1.807) is 20.4 Å². The lowest BCUT2D eigenvalue weighted by atomic mass is 9.87. The molecule has 1 aliphatic heterocycles. The zero-order valence-electron chi connectivity index (χ0n) is 24.6. The molecular formula is C35H34N2O7. The maximum atomic E-state index is 11.9. The molecule has 2 unspecified atom stereocenters. The van der Waals surface area contributed by atoms with E-state index < -0.39 is 6.09 Å². The van der Waals surface area contributed by atoms with Gasteiger partial charge in [0.1, 0.15) is 23.9 Å². The van der Waals surface area contributed by atoms with E-state index in [2.05, 4.69) is 4.98 Å². The van der Waals surface area contributed by atoms with Crippen molar-refractivity contribution >= 4 is 16.9 Å². The molecule has 9 nitrogen and oxygen atoms in total. The molecule has 1 N–H and O–H groups in total. The molecule has 1 aromatic heterocycles. The molecule has 9 heteroatoms. The van der Waals surface area contributed by atoms with E-state index in [0.717, 1.165) is 33.2 Å². The van der Waals surface area contributed by atoms with Gasteiger partial charge in [-0.25, -0.2) is 9.78 Å². The molecule has 226 valence electrons. The summed E-state index contributed by atoms with van der Waals surface area (Å²) in [6.45, 7) is 1.18. The Labute approximate surface area is 255 Å². The molecule has 5 aromatic rings. The van der Waals surface area contributed by atoms with E-state index >= 15 is 0 Å². The summed E-state index contributed by atoms with van der Waals surface area (Å²) >= 11 is 0. The molecule has 0 spiro atoms. The Balaban J connectivity index is 1.16. The third kappa shape index (κ3) is 6.18. The van der Waals surface area contributed by atoms with Crippen LogP contribution < -0.4 is 14.2 Å². The van der Waals surface area contributed by atoms with Gasteiger partial charge in [0, 0.05) is 34.4 Å². The minimum Gasteiger partial charge on any atom is -0.496 e. The molecule has 1 saturated heterocycles. The first-order chi connectivity index (χ1) is 21.5. The normalized spacial score (nSPS) is 16.5. The van der Waals surface area contributed by atoms with Crippen LogP contribution in [0.5, 0.6) is 17.2 Å². The Hall–Kier alpha value is -5.02. The fourth-order valence-corrected chi connectivity index (χ4v) is 5.78. The van der Waals surface area contributed by atoms with Crippen LogP contribution >= 0.6 is 0 Å². The van der Waals surface area contributed by atoms with Crippen LogP contribution in [-0.2, 0) is 18.0 Å². The second-order valence-electron chi connectivity index (χ2n) is 10.6. The number of aromatic nitrogens is 1. The van der Waals surface area contributed by atoms with Crippen molar-refractivity contribution in [2.24, 2.45) is 0 Å². The average molecular weight is 595 g/mol. The molecule has 2 heterocycles. The molecule has 0 radical (unpaired) electrons. The number of amides is 1. The van der Waals surface area contributed by atoms with E-state index in [1.165, 1.54) is 4.90 Å². The molecule has 2 atom stereocenters. The summed E-state index contributed by atoms with van der Waals surface area (Å²) < 4.78 is 29.8. The first-order valence-corrected chi connectivity index (χ1v) is 14.5. The van der Waals surface area contributed by atoms with Crippen molar-refractivity contribution < 1.29 is 33.3 Å². The monoisotopic (exact) mass is 594 g/mol. The number of benzene rings is 4. The number of methoxy groups -OCH3 is 2. The number of carboxylic acid groups (broad SMARTS) is 1. The van der Waals surface area contributed by atoms with Gasteiger partial charge in [-0.15, -0.1) is 0 Å². The predicted octanol–water partition coefficient (Wildman–Crippen LogP) is 7.14. The summed E-state index contributed by atoms with van der Waals surface area (Å²) in [6.07, 6.45) is 0.998. The molecule has 0 aliphatic carbocycles. The van der Waals surface area contributed by atoms with Crippen LogP contribution in [-0.4, -0.2) is 54.5 Å². The highest BCUT2D eigenvalue weighted by Gasteiger charge is 2.33. The van der Waals surface area contributed by atoms with Gasteiger partial charge in [-0.3, -0.25) is 0 Å². The third-order valence-electron chi connectivity index (χ3n) is 8.00. The van der Waals surface area contributed by atoms with Crippen molar-refractivity contribution in [3.05, 3.63) is 108 Å². The van der Waals surface area contributed by atoms with Crippen LogP contribution in [0.3, 0.4) is 0 Å². The standard InChI is InChI=1S/C35H34N2O7/c1-40-31-18-25(33(41-2)30-11-7-6-10-29(30)31)21-43-32-20-37(35(38)39)17-16-28(32)23-12-14-26(15-13-23)42-22-27-19-36-34(44-27)24-8-4-3-5-9-24/h3-15,18-19,28,32H,16-17,20-22H2,1-2H3,(H,38,39). The lowest BCUT2D eigenvalue weighted by Crippen LogP contribution is -2.46. The molecule has 1 aliphatic rings. The molecule has 1 fully saturated rings. The molecule has 1 amide bonds.